The lowest BCUT2D eigenvalue weighted by Crippen LogP contribution is -2.30. The number of halogens is 1. The highest BCUT2D eigenvalue weighted by atomic mass is 35.5. The smallest absolute Gasteiger partial charge is 0.0770 e. The highest BCUT2D eigenvalue weighted by molar-refractivity contribution is 5.85. The van der Waals surface area contributed by atoms with E-state index < -0.39 is 0 Å². The fraction of sp³-hybridized carbons (Fsp3) is 0.471. The summed E-state index contributed by atoms with van der Waals surface area (Å²) < 4.78 is 1.82. The van der Waals surface area contributed by atoms with Crippen molar-refractivity contribution in [1.29, 1.82) is 0 Å². The highest BCUT2D eigenvalue weighted by Gasteiger charge is 2.28. The normalized spacial score (nSPS) is 20.1. The van der Waals surface area contributed by atoms with Crippen molar-refractivity contribution in [3.63, 3.8) is 0 Å². The predicted octanol–water partition coefficient (Wildman–Crippen LogP) is 3.57. The molecule has 22 heavy (non-hydrogen) atoms. The third kappa shape index (κ3) is 3.28. The van der Waals surface area contributed by atoms with E-state index >= 15 is 0 Å². The summed E-state index contributed by atoms with van der Waals surface area (Å²) in [6, 6.07) is 7.33. The van der Waals surface area contributed by atoms with Gasteiger partial charge in [-0.1, -0.05) is 18.9 Å². The zero-order valence-electron chi connectivity index (χ0n) is 12.9. The SMILES string of the molecule is Cl.Cn1cc(Nc2ccc3c(c2)C(CC2CC2)NCC3)cn1. The van der Waals surface area contributed by atoms with Crippen molar-refractivity contribution in [1.82, 2.24) is 15.1 Å². The van der Waals surface area contributed by atoms with Gasteiger partial charge in [-0.15, -0.1) is 12.4 Å². The van der Waals surface area contributed by atoms with E-state index in [0.29, 0.717) is 6.04 Å². The number of anilines is 2. The van der Waals surface area contributed by atoms with E-state index in [-0.39, 0.29) is 12.4 Å². The minimum absolute atomic E-state index is 0. The van der Waals surface area contributed by atoms with Crippen LogP contribution in [0.3, 0.4) is 0 Å². The summed E-state index contributed by atoms with van der Waals surface area (Å²) in [5.41, 5.74) is 5.20. The number of rotatable bonds is 4. The van der Waals surface area contributed by atoms with Crippen molar-refractivity contribution < 1.29 is 0 Å². The van der Waals surface area contributed by atoms with Gasteiger partial charge in [-0.3, -0.25) is 4.68 Å². The number of benzene rings is 1. The Bertz CT molecular complexity index is 648. The molecule has 4 rings (SSSR count). The maximum absolute atomic E-state index is 4.20. The van der Waals surface area contributed by atoms with Crippen LogP contribution in [0.2, 0.25) is 0 Å². The molecule has 1 unspecified atom stereocenters. The molecule has 2 N–H and O–H groups in total. The average molecular weight is 319 g/mol. The quantitative estimate of drug-likeness (QED) is 0.905. The molecule has 1 fully saturated rings. The van der Waals surface area contributed by atoms with Crippen LogP contribution in [-0.4, -0.2) is 16.3 Å². The van der Waals surface area contributed by atoms with Crippen LogP contribution in [0.15, 0.2) is 30.6 Å². The maximum atomic E-state index is 4.20. The second kappa shape index (κ2) is 6.31. The van der Waals surface area contributed by atoms with Crippen molar-refractivity contribution in [2.75, 3.05) is 11.9 Å². The van der Waals surface area contributed by atoms with Gasteiger partial charge in [-0.25, -0.2) is 0 Å². The van der Waals surface area contributed by atoms with Crippen LogP contribution in [0.4, 0.5) is 11.4 Å². The molecule has 0 spiro atoms. The molecular weight excluding hydrogens is 296 g/mol. The number of nitrogens with one attached hydrogen (secondary N) is 2. The summed E-state index contributed by atoms with van der Waals surface area (Å²) >= 11 is 0. The third-order valence-corrected chi connectivity index (χ3v) is 4.57. The molecule has 1 aromatic carbocycles. The average Bonchev–Trinajstić information content (AvgIpc) is 3.21. The highest BCUT2D eigenvalue weighted by Crippen LogP contribution is 2.40. The van der Waals surface area contributed by atoms with Gasteiger partial charge in [0, 0.05) is 25.0 Å². The van der Waals surface area contributed by atoms with Gasteiger partial charge >= 0.3 is 0 Å². The number of nitrogens with zero attached hydrogens (tertiary/aromatic N) is 2. The second-order valence-electron chi connectivity index (χ2n) is 6.38. The van der Waals surface area contributed by atoms with Crippen LogP contribution >= 0.6 is 12.4 Å². The first-order chi connectivity index (χ1) is 10.3. The minimum atomic E-state index is 0. The number of aromatic nitrogens is 2. The van der Waals surface area contributed by atoms with Gasteiger partial charge in [0.25, 0.3) is 0 Å². The van der Waals surface area contributed by atoms with E-state index in [1.54, 1.807) is 0 Å². The molecule has 2 heterocycles. The van der Waals surface area contributed by atoms with Crippen molar-refractivity contribution in [2.24, 2.45) is 13.0 Å². The molecule has 0 bridgehead atoms. The topological polar surface area (TPSA) is 41.9 Å². The zero-order chi connectivity index (χ0) is 14.2. The zero-order valence-corrected chi connectivity index (χ0v) is 13.7. The molecule has 2 aromatic rings. The molecule has 1 aromatic heterocycles. The van der Waals surface area contributed by atoms with Crippen molar-refractivity contribution in [3.8, 4) is 0 Å². The molecule has 4 nitrogen and oxygen atoms in total. The van der Waals surface area contributed by atoms with Gasteiger partial charge in [-0.2, -0.15) is 5.10 Å². The first-order valence-electron chi connectivity index (χ1n) is 7.90. The molecule has 5 heteroatoms. The van der Waals surface area contributed by atoms with E-state index in [1.807, 2.05) is 24.1 Å². The number of aryl methyl sites for hydroxylation is 1. The Morgan fingerprint density at radius 3 is 2.91 bits per heavy atom. The Labute approximate surface area is 137 Å². The van der Waals surface area contributed by atoms with Crippen molar-refractivity contribution in [3.05, 3.63) is 41.7 Å². The van der Waals surface area contributed by atoms with E-state index in [0.717, 1.165) is 30.3 Å². The fourth-order valence-corrected chi connectivity index (χ4v) is 3.27. The summed E-state index contributed by atoms with van der Waals surface area (Å²) in [5, 5.41) is 11.4. The summed E-state index contributed by atoms with van der Waals surface area (Å²) in [4.78, 5) is 0. The van der Waals surface area contributed by atoms with Crippen molar-refractivity contribution >= 4 is 23.8 Å². The molecule has 1 atom stereocenters. The Balaban J connectivity index is 0.00000144. The largest absolute Gasteiger partial charge is 0.353 e. The van der Waals surface area contributed by atoms with Crippen LogP contribution in [0, 0.1) is 5.92 Å². The molecule has 118 valence electrons. The lowest BCUT2D eigenvalue weighted by atomic mass is 9.91. The van der Waals surface area contributed by atoms with E-state index in [9.17, 15) is 0 Å². The third-order valence-electron chi connectivity index (χ3n) is 4.57. The standard InChI is InChI=1S/C17H22N4.ClH/c1-21-11-15(10-19-21)20-14-5-4-13-6-7-18-17(16(13)9-14)8-12-2-3-12;/h4-5,9-12,17-18,20H,2-3,6-8H2,1H3;1H. The molecule has 2 aliphatic rings. The van der Waals surface area contributed by atoms with Gasteiger partial charge in [0.2, 0.25) is 0 Å². The molecular formula is C17H23ClN4. The van der Waals surface area contributed by atoms with Crippen molar-refractivity contribution in [2.45, 2.75) is 31.7 Å². The predicted molar refractivity (Wildman–Crippen MR) is 92.0 cm³/mol. The monoisotopic (exact) mass is 318 g/mol. The fourth-order valence-electron chi connectivity index (χ4n) is 3.27. The van der Waals surface area contributed by atoms with Gasteiger partial charge in [0.15, 0.2) is 0 Å². The lowest BCUT2D eigenvalue weighted by molar-refractivity contribution is 0.453. The van der Waals surface area contributed by atoms with Crippen LogP contribution in [0.5, 0.6) is 0 Å². The number of hydrogen-bond donors (Lipinski definition) is 2. The first-order valence-corrected chi connectivity index (χ1v) is 7.90. The van der Waals surface area contributed by atoms with Gasteiger partial charge in [0.05, 0.1) is 11.9 Å². The molecule has 1 saturated carbocycles. The Morgan fingerprint density at radius 1 is 1.32 bits per heavy atom. The van der Waals surface area contributed by atoms with Crippen LogP contribution in [0.25, 0.3) is 0 Å². The second-order valence-corrected chi connectivity index (χ2v) is 6.38. The summed E-state index contributed by atoms with van der Waals surface area (Å²) in [6.07, 6.45) is 9.13. The van der Waals surface area contributed by atoms with Crippen LogP contribution in [0.1, 0.15) is 36.4 Å². The summed E-state index contributed by atoms with van der Waals surface area (Å²) in [5.74, 6) is 0.948. The molecule has 0 radical (unpaired) electrons. The minimum Gasteiger partial charge on any atom is -0.353 e. The van der Waals surface area contributed by atoms with Gasteiger partial charge in [-0.05, 0) is 48.6 Å². The lowest BCUT2D eigenvalue weighted by Gasteiger charge is -2.27. The number of hydrogen-bond acceptors (Lipinski definition) is 3. The van der Waals surface area contributed by atoms with E-state index in [1.165, 1.54) is 30.4 Å². The Morgan fingerprint density at radius 2 is 2.18 bits per heavy atom. The molecule has 1 aliphatic carbocycles. The van der Waals surface area contributed by atoms with Crippen LogP contribution < -0.4 is 10.6 Å². The van der Waals surface area contributed by atoms with E-state index in [4.69, 9.17) is 0 Å². The summed E-state index contributed by atoms with van der Waals surface area (Å²) in [7, 11) is 1.94. The number of fused-ring (bicyclic) bond motifs is 1. The molecule has 0 amide bonds. The van der Waals surface area contributed by atoms with Crippen LogP contribution in [-0.2, 0) is 13.5 Å². The Kier molecular flexibility index (Phi) is 4.41. The maximum Gasteiger partial charge on any atom is 0.0770 e. The summed E-state index contributed by atoms with van der Waals surface area (Å²) in [6.45, 7) is 1.11. The van der Waals surface area contributed by atoms with E-state index in [2.05, 4.69) is 33.9 Å². The Hall–Kier alpha value is -1.52. The van der Waals surface area contributed by atoms with Gasteiger partial charge < -0.3 is 10.6 Å². The first kappa shape index (κ1) is 15.4. The van der Waals surface area contributed by atoms with Gasteiger partial charge in [0.1, 0.15) is 0 Å². The molecule has 0 saturated heterocycles. The molecule has 1 aliphatic heterocycles.